The molecule has 6 atom stereocenters. The van der Waals surface area contributed by atoms with Gasteiger partial charge in [-0.3, -0.25) is 0 Å². The molecule has 0 amide bonds. The van der Waals surface area contributed by atoms with Gasteiger partial charge in [-0.2, -0.15) is 0 Å². The van der Waals surface area contributed by atoms with Gasteiger partial charge < -0.3 is 9.47 Å². The minimum atomic E-state index is -0.427. The van der Waals surface area contributed by atoms with E-state index in [0.717, 1.165) is 11.8 Å². The molecule has 13 heavy (non-hydrogen) atoms. The average molecular weight is 180 g/mol. The Morgan fingerprint density at radius 2 is 1.54 bits per heavy atom. The zero-order valence-electron chi connectivity index (χ0n) is 7.31. The fraction of sp³-hybridized carbons (Fsp3) is 0.900. The second kappa shape index (κ2) is 1.86. The molecule has 0 radical (unpaired) electrons. The van der Waals surface area contributed by atoms with Gasteiger partial charge in [-0.1, -0.05) is 0 Å². The van der Waals surface area contributed by atoms with Crippen LogP contribution in [0.4, 0.5) is 4.79 Å². The Morgan fingerprint density at radius 3 is 2.08 bits per heavy atom. The van der Waals surface area contributed by atoms with Crippen molar-refractivity contribution in [3.8, 4) is 0 Å². The predicted octanol–water partition coefficient (Wildman–Crippen LogP) is 1.57. The average Bonchev–Trinajstić information content (AvgIpc) is 2.72. The lowest BCUT2D eigenvalue weighted by Crippen LogP contribution is -2.56. The van der Waals surface area contributed by atoms with Crippen LogP contribution < -0.4 is 0 Å². The first-order valence-corrected chi connectivity index (χ1v) is 5.22. The molecule has 4 aliphatic rings. The van der Waals surface area contributed by atoms with Gasteiger partial charge >= 0.3 is 6.16 Å². The van der Waals surface area contributed by atoms with Gasteiger partial charge in [0.05, 0.1) is 0 Å². The largest absolute Gasteiger partial charge is 0.509 e. The molecular weight excluding hydrogens is 168 g/mol. The molecule has 0 aromatic carbocycles. The molecular formula is C10H12O3. The molecule has 0 N–H and O–H groups in total. The molecule has 1 aliphatic heterocycles. The van der Waals surface area contributed by atoms with Crippen molar-refractivity contribution in [2.45, 2.75) is 31.5 Å². The Labute approximate surface area is 76.4 Å². The second-order valence-corrected chi connectivity index (χ2v) is 4.90. The van der Waals surface area contributed by atoms with E-state index >= 15 is 0 Å². The van der Waals surface area contributed by atoms with Gasteiger partial charge in [-0.25, -0.2) is 4.79 Å². The molecule has 2 bridgehead atoms. The summed E-state index contributed by atoms with van der Waals surface area (Å²) in [5.41, 5.74) is 0. The zero-order chi connectivity index (χ0) is 8.58. The highest BCUT2D eigenvalue weighted by Gasteiger charge is 2.68. The molecule has 3 saturated carbocycles. The van der Waals surface area contributed by atoms with Gasteiger partial charge in [0.2, 0.25) is 0 Å². The minimum Gasteiger partial charge on any atom is -0.427 e. The summed E-state index contributed by atoms with van der Waals surface area (Å²) in [4.78, 5) is 10.9. The van der Waals surface area contributed by atoms with E-state index in [0.29, 0.717) is 11.8 Å². The summed E-state index contributed by atoms with van der Waals surface area (Å²) in [6, 6.07) is 0. The molecule has 1 saturated heterocycles. The summed E-state index contributed by atoms with van der Waals surface area (Å²) in [7, 11) is 0. The SMILES string of the molecule is O=C1OC2C(O1)C1C3CCC(C3)C21. The van der Waals surface area contributed by atoms with Gasteiger partial charge in [0, 0.05) is 11.8 Å². The topological polar surface area (TPSA) is 35.5 Å². The number of hydrogen-bond acceptors (Lipinski definition) is 3. The number of ether oxygens (including phenoxy) is 2. The van der Waals surface area contributed by atoms with E-state index in [9.17, 15) is 4.79 Å². The number of hydrogen-bond donors (Lipinski definition) is 0. The van der Waals surface area contributed by atoms with Crippen molar-refractivity contribution in [1.29, 1.82) is 0 Å². The highest BCUT2D eigenvalue weighted by molar-refractivity contribution is 5.63. The summed E-state index contributed by atoms with van der Waals surface area (Å²) in [6.45, 7) is 0. The first-order chi connectivity index (χ1) is 6.34. The molecule has 4 rings (SSSR count). The summed E-state index contributed by atoms with van der Waals surface area (Å²) >= 11 is 0. The summed E-state index contributed by atoms with van der Waals surface area (Å²) in [5, 5.41) is 0. The number of carbonyl (C=O) groups is 1. The lowest BCUT2D eigenvalue weighted by molar-refractivity contribution is -0.0999. The first-order valence-electron chi connectivity index (χ1n) is 5.22. The minimum absolute atomic E-state index is 0.132. The second-order valence-electron chi connectivity index (χ2n) is 4.90. The normalized spacial score (nSPS) is 60.8. The van der Waals surface area contributed by atoms with Crippen LogP contribution in [0.15, 0.2) is 0 Å². The smallest absolute Gasteiger partial charge is 0.427 e. The fourth-order valence-corrected chi connectivity index (χ4v) is 4.19. The fourth-order valence-electron chi connectivity index (χ4n) is 4.19. The van der Waals surface area contributed by atoms with Crippen LogP contribution in [0.25, 0.3) is 0 Å². The molecule has 4 fully saturated rings. The molecule has 1 heterocycles. The lowest BCUT2D eigenvalue weighted by Gasteiger charge is -2.46. The van der Waals surface area contributed by atoms with Crippen molar-refractivity contribution in [1.82, 2.24) is 0 Å². The van der Waals surface area contributed by atoms with Gasteiger partial charge in [0.15, 0.2) is 0 Å². The molecule has 0 spiro atoms. The van der Waals surface area contributed by atoms with E-state index in [1.807, 2.05) is 0 Å². The van der Waals surface area contributed by atoms with E-state index in [1.165, 1.54) is 19.3 Å². The lowest BCUT2D eigenvalue weighted by atomic mass is 9.61. The molecule has 70 valence electrons. The van der Waals surface area contributed by atoms with Gasteiger partial charge in [-0.05, 0) is 31.1 Å². The summed E-state index contributed by atoms with van der Waals surface area (Å²) < 4.78 is 10.3. The maximum atomic E-state index is 10.9. The van der Waals surface area contributed by atoms with Crippen molar-refractivity contribution in [2.24, 2.45) is 23.7 Å². The highest BCUT2D eigenvalue weighted by Crippen LogP contribution is 2.64. The standard InChI is InChI=1S/C10H12O3/c11-10-12-8-6-4-1-2-5(3-4)7(6)9(8)13-10/h4-9H,1-3H2. The van der Waals surface area contributed by atoms with E-state index in [-0.39, 0.29) is 12.2 Å². The van der Waals surface area contributed by atoms with E-state index in [4.69, 9.17) is 9.47 Å². The quantitative estimate of drug-likeness (QED) is 0.531. The third-order valence-corrected chi connectivity index (χ3v) is 4.59. The van der Waals surface area contributed by atoms with E-state index < -0.39 is 6.16 Å². The number of fused-ring (bicyclic) bond motifs is 8. The van der Waals surface area contributed by atoms with Crippen molar-refractivity contribution in [3.63, 3.8) is 0 Å². The maximum Gasteiger partial charge on any atom is 0.509 e. The van der Waals surface area contributed by atoms with Crippen LogP contribution in [0.5, 0.6) is 0 Å². The van der Waals surface area contributed by atoms with Crippen LogP contribution in [0, 0.1) is 23.7 Å². The number of carbonyl (C=O) groups excluding carboxylic acids is 1. The summed E-state index contributed by atoms with van der Waals surface area (Å²) in [5.74, 6) is 3.00. The Hall–Kier alpha value is -0.730. The molecule has 3 nitrogen and oxygen atoms in total. The van der Waals surface area contributed by atoms with Crippen LogP contribution >= 0.6 is 0 Å². The van der Waals surface area contributed by atoms with Gasteiger partial charge in [-0.15, -0.1) is 0 Å². The Kier molecular flexibility index (Phi) is 0.957. The highest BCUT2D eigenvalue weighted by atomic mass is 16.8. The molecule has 3 aliphatic carbocycles. The third kappa shape index (κ3) is 0.597. The van der Waals surface area contributed by atoms with Gasteiger partial charge in [0.25, 0.3) is 0 Å². The van der Waals surface area contributed by atoms with Crippen molar-refractivity contribution < 1.29 is 14.3 Å². The van der Waals surface area contributed by atoms with Crippen LogP contribution in [0.1, 0.15) is 19.3 Å². The third-order valence-electron chi connectivity index (χ3n) is 4.59. The Balaban J connectivity index is 1.69. The Morgan fingerprint density at radius 1 is 1.00 bits per heavy atom. The molecule has 3 heteroatoms. The molecule has 6 unspecified atom stereocenters. The molecule has 0 aromatic heterocycles. The Bertz CT molecular complexity index is 262. The van der Waals surface area contributed by atoms with E-state index in [2.05, 4.69) is 0 Å². The van der Waals surface area contributed by atoms with Crippen LogP contribution in [0.3, 0.4) is 0 Å². The van der Waals surface area contributed by atoms with Gasteiger partial charge in [0.1, 0.15) is 12.2 Å². The van der Waals surface area contributed by atoms with Crippen molar-refractivity contribution in [3.05, 3.63) is 0 Å². The van der Waals surface area contributed by atoms with Crippen LogP contribution in [-0.4, -0.2) is 18.4 Å². The first kappa shape index (κ1) is 6.68. The predicted molar refractivity (Wildman–Crippen MR) is 43.0 cm³/mol. The molecule has 0 aromatic rings. The van der Waals surface area contributed by atoms with Crippen molar-refractivity contribution >= 4 is 6.16 Å². The number of rotatable bonds is 0. The van der Waals surface area contributed by atoms with Crippen LogP contribution in [-0.2, 0) is 9.47 Å². The zero-order valence-corrected chi connectivity index (χ0v) is 7.31. The van der Waals surface area contributed by atoms with Crippen LogP contribution in [0.2, 0.25) is 0 Å². The van der Waals surface area contributed by atoms with Crippen molar-refractivity contribution in [2.75, 3.05) is 0 Å². The monoisotopic (exact) mass is 180 g/mol. The maximum absolute atomic E-state index is 10.9. The van der Waals surface area contributed by atoms with E-state index in [1.54, 1.807) is 0 Å². The summed E-state index contributed by atoms with van der Waals surface area (Å²) in [6.07, 6.45) is 3.91.